The first-order chi connectivity index (χ1) is 14.4. The van der Waals surface area contributed by atoms with Crippen LogP contribution in [0.2, 0.25) is 0 Å². The molecule has 1 saturated heterocycles. The molecule has 1 fully saturated rings. The number of fused-ring (bicyclic) bond motifs is 1. The smallest absolute Gasteiger partial charge is 0.278 e. The van der Waals surface area contributed by atoms with E-state index in [2.05, 4.69) is 9.88 Å². The molecule has 0 unspecified atom stereocenters. The third-order valence-corrected chi connectivity index (χ3v) is 5.79. The van der Waals surface area contributed by atoms with E-state index < -0.39 is 5.60 Å². The summed E-state index contributed by atoms with van der Waals surface area (Å²) < 4.78 is 10.7. The highest BCUT2D eigenvalue weighted by atomic mass is 16.6. The van der Waals surface area contributed by atoms with E-state index in [4.69, 9.17) is 9.47 Å². The first-order valence-corrected chi connectivity index (χ1v) is 9.67. The van der Waals surface area contributed by atoms with Crippen LogP contribution in [0, 0.1) is 10.1 Å². The number of hydrogen-bond acceptors (Lipinski definition) is 7. The Bertz CT molecular complexity index is 1070. The number of non-ortho nitro benzene ring substituents is 1. The predicted octanol–water partition coefficient (Wildman–Crippen LogP) is 3.65. The van der Waals surface area contributed by atoms with Crippen LogP contribution in [0.15, 0.2) is 48.8 Å². The van der Waals surface area contributed by atoms with E-state index >= 15 is 0 Å². The van der Waals surface area contributed by atoms with E-state index in [1.807, 2.05) is 12.1 Å². The number of anilines is 1. The number of nitrogens with zero attached hydrogens (tertiary/aromatic N) is 3. The van der Waals surface area contributed by atoms with E-state index in [1.54, 1.807) is 38.6 Å². The highest BCUT2D eigenvalue weighted by molar-refractivity contribution is 5.99. The highest BCUT2D eigenvalue weighted by Crippen LogP contribution is 2.40. The second-order valence-corrected chi connectivity index (χ2v) is 7.40. The summed E-state index contributed by atoms with van der Waals surface area (Å²) in [4.78, 5) is 17.2. The minimum atomic E-state index is -1.00. The van der Waals surface area contributed by atoms with E-state index in [9.17, 15) is 15.2 Å². The third-order valence-electron chi connectivity index (χ3n) is 5.79. The summed E-state index contributed by atoms with van der Waals surface area (Å²) in [6.07, 6.45) is 4.18. The van der Waals surface area contributed by atoms with Crippen LogP contribution in [0.1, 0.15) is 18.4 Å². The van der Waals surface area contributed by atoms with Crippen molar-refractivity contribution in [3.63, 3.8) is 0 Å². The van der Waals surface area contributed by atoms with Gasteiger partial charge in [-0.05, 0) is 42.7 Å². The summed E-state index contributed by atoms with van der Waals surface area (Å²) in [6.45, 7) is 1.20. The predicted molar refractivity (Wildman–Crippen MR) is 113 cm³/mol. The molecule has 8 heteroatoms. The van der Waals surface area contributed by atoms with Gasteiger partial charge in [-0.3, -0.25) is 15.1 Å². The maximum atomic E-state index is 11.4. The van der Waals surface area contributed by atoms with Gasteiger partial charge in [-0.1, -0.05) is 0 Å². The largest absolute Gasteiger partial charge is 0.497 e. The van der Waals surface area contributed by atoms with Crippen LogP contribution in [-0.2, 0) is 5.60 Å². The third kappa shape index (κ3) is 3.50. The molecule has 0 saturated carbocycles. The molecule has 1 aromatic heterocycles. The molecule has 156 valence electrons. The van der Waals surface area contributed by atoms with E-state index in [1.165, 1.54) is 12.3 Å². The molecule has 1 N–H and O–H groups in total. The van der Waals surface area contributed by atoms with E-state index in [0.717, 1.165) is 16.6 Å². The van der Waals surface area contributed by atoms with Gasteiger partial charge in [-0.15, -0.1) is 0 Å². The Morgan fingerprint density at radius 3 is 2.33 bits per heavy atom. The Kier molecular flexibility index (Phi) is 5.17. The highest BCUT2D eigenvalue weighted by Gasteiger charge is 2.35. The van der Waals surface area contributed by atoms with Gasteiger partial charge < -0.3 is 19.5 Å². The van der Waals surface area contributed by atoms with Crippen LogP contribution in [0.25, 0.3) is 10.8 Å². The van der Waals surface area contributed by atoms with Crippen molar-refractivity contribution in [2.75, 3.05) is 32.2 Å². The van der Waals surface area contributed by atoms with Crippen molar-refractivity contribution in [3.05, 3.63) is 64.5 Å². The Labute approximate surface area is 173 Å². The molecule has 3 aromatic rings. The first kappa shape index (κ1) is 19.9. The number of aromatic nitrogens is 1. The number of nitro groups is 1. The van der Waals surface area contributed by atoms with Gasteiger partial charge >= 0.3 is 0 Å². The van der Waals surface area contributed by atoms with Crippen molar-refractivity contribution in [1.82, 2.24) is 4.98 Å². The molecule has 2 aromatic carbocycles. The van der Waals surface area contributed by atoms with E-state index in [-0.39, 0.29) is 10.6 Å². The lowest BCUT2D eigenvalue weighted by atomic mass is 9.84. The van der Waals surface area contributed by atoms with Crippen molar-refractivity contribution >= 4 is 22.1 Å². The molecule has 2 heterocycles. The lowest BCUT2D eigenvalue weighted by Gasteiger charge is -2.40. The molecular weight excluding hydrogens is 386 g/mol. The number of methoxy groups -OCH3 is 2. The molecule has 0 atom stereocenters. The fourth-order valence-electron chi connectivity index (χ4n) is 4.08. The van der Waals surface area contributed by atoms with Gasteiger partial charge in [0.1, 0.15) is 11.5 Å². The van der Waals surface area contributed by atoms with Crippen LogP contribution < -0.4 is 14.4 Å². The van der Waals surface area contributed by atoms with Gasteiger partial charge in [0.15, 0.2) is 0 Å². The van der Waals surface area contributed by atoms with Crippen molar-refractivity contribution in [1.29, 1.82) is 0 Å². The van der Waals surface area contributed by atoms with Gasteiger partial charge in [0.05, 0.1) is 30.1 Å². The SMILES string of the molecule is COc1cc(OC)cc(C2(O)CCN(c3ccc([N+](=O)[O-])c4cnccc34)CC2)c1. The van der Waals surface area contributed by atoms with Crippen molar-refractivity contribution < 1.29 is 19.5 Å². The fourth-order valence-corrected chi connectivity index (χ4v) is 4.08. The average molecular weight is 409 g/mol. The number of nitro benzene ring substituents is 1. The molecule has 4 rings (SSSR count). The Morgan fingerprint density at radius 1 is 1.07 bits per heavy atom. The molecule has 0 amide bonds. The summed E-state index contributed by atoms with van der Waals surface area (Å²) in [5, 5.41) is 24.0. The fraction of sp³-hybridized carbons (Fsp3) is 0.318. The zero-order valence-electron chi connectivity index (χ0n) is 16.9. The van der Waals surface area contributed by atoms with E-state index in [0.29, 0.717) is 42.8 Å². The van der Waals surface area contributed by atoms with Crippen LogP contribution in [0.5, 0.6) is 11.5 Å². The average Bonchev–Trinajstić information content (AvgIpc) is 2.78. The molecule has 1 aliphatic rings. The minimum absolute atomic E-state index is 0.0406. The number of pyridine rings is 1. The van der Waals surface area contributed by atoms with Gasteiger partial charge in [-0.2, -0.15) is 0 Å². The van der Waals surface area contributed by atoms with Crippen LogP contribution in [-0.4, -0.2) is 42.3 Å². The maximum absolute atomic E-state index is 11.4. The quantitative estimate of drug-likeness (QED) is 0.507. The van der Waals surface area contributed by atoms with Gasteiger partial charge in [0.25, 0.3) is 5.69 Å². The summed E-state index contributed by atoms with van der Waals surface area (Å²) in [5.41, 5.74) is 0.703. The topological polar surface area (TPSA) is 98.0 Å². The van der Waals surface area contributed by atoms with Gasteiger partial charge in [-0.25, -0.2) is 0 Å². The summed E-state index contributed by atoms with van der Waals surface area (Å²) >= 11 is 0. The number of hydrogen-bond donors (Lipinski definition) is 1. The lowest BCUT2D eigenvalue weighted by molar-refractivity contribution is -0.383. The number of rotatable bonds is 5. The second-order valence-electron chi connectivity index (χ2n) is 7.40. The molecule has 1 aliphatic heterocycles. The molecule has 8 nitrogen and oxygen atoms in total. The van der Waals surface area contributed by atoms with Crippen molar-refractivity contribution in [3.8, 4) is 11.5 Å². The zero-order valence-corrected chi connectivity index (χ0v) is 16.9. The molecule has 0 radical (unpaired) electrons. The molecule has 0 spiro atoms. The Hall–Kier alpha value is -3.39. The second kappa shape index (κ2) is 7.79. The summed E-state index contributed by atoms with van der Waals surface area (Å²) in [6, 6.07) is 10.5. The minimum Gasteiger partial charge on any atom is -0.497 e. The number of aliphatic hydroxyl groups is 1. The molecule has 0 bridgehead atoms. The Morgan fingerprint density at radius 2 is 1.73 bits per heavy atom. The summed E-state index contributed by atoms with van der Waals surface area (Å²) in [5.74, 6) is 1.27. The molecule has 0 aliphatic carbocycles. The van der Waals surface area contributed by atoms with Crippen LogP contribution in [0.3, 0.4) is 0 Å². The normalized spacial score (nSPS) is 15.8. The standard InChI is InChI=1S/C22H23N3O5/c1-29-16-11-15(12-17(13-16)30-2)22(26)6-9-24(10-7-22)20-3-4-21(25(27)28)19-14-23-8-5-18(19)20/h3-5,8,11-14,26H,6-7,9-10H2,1-2H3. The van der Waals surface area contributed by atoms with Gasteiger partial charge in [0.2, 0.25) is 0 Å². The monoisotopic (exact) mass is 409 g/mol. The van der Waals surface area contributed by atoms with Crippen molar-refractivity contribution in [2.45, 2.75) is 18.4 Å². The first-order valence-electron chi connectivity index (χ1n) is 9.67. The number of piperidine rings is 1. The number of benzene rings is 2. The number of ether oxygens (including phenoxy) is 2. The zero-order chi connectivity index (χ0) is 21.3. The van der Waals surface area contributed by atoms with Crippen LogP contribution >= 0.6 is 0 Å². The van der Waals surface area contributed by atoms with Gasteiger partial charge in [0, 0.05) is 48.7 Å². The maximum Gasteiger partial charge on any atom is 0.278 e. The molecule has 30 heavy (non-hydrogen) atoms. The van der Waals surface area contributed by atoms with Crippen molar-refractivity contribution in [2.24, 2.45) is 0 Å². The van der Waals surface area contributed by atoms with Crippen LogP contribution in [0.4, 0.5) is 11.4 Å². The summed E-state index contributed by atoms with van der Waals surface area (Å²) in [7, 11) is 3.17. The Balaban J connectivity index is 1.63. The molecular formula is C22H23N3O5. The lowest BCUT2D eigenvalue weighted by Crippen LogP contribution is -2.42.